The van der Waals surface area contributed by atoms with Crippen LogP contribution in [0.1, 0.15) is 5.56 Å². The maximum atomic E-state index is 13.0. The Morgan fingerprint density at radius 3 is 2.89 bits per heavy atom. The van der Waals surface area contributed by atoms with E-state index < -0.39 is 0 Å². The molecule has 1 aromatic carbocycles. The van der Waals surface area contributed by atoms with Crippen LogP contribution in [0.15, 0.2) is 47.1 Å². The van der Waals surface area contributed by atoms with Gasteiger partial charge in [-0.25, -0.2) is 8.91 Å². The molecule has 3 aromatic rings. The Morgan fingerprint density at radius 1 is 1.21 bits per heavy atom. The van der Waals surface area contributed by atoms with Crippen molar-refractivity contribution in [3.8, 4) is 0 Å². The molecule has 0 fully saturated rings. The second-order valence-electron chi connectivity index (χ2n) is 4.03. The van der Waals surface area contributed by atoms with E-state index in [-0.39, 0.29) is 5.82 Å². The van der Waals surface area contributed by atoms with Gasteiger partial charge >= 0.3 is 0 Å². The van der Waals surface area contributed by atoms with Crippen LogP contribution in [0.2, 0.25) is 0 Å². The van der Waals surface area contributed by atoms with Crippen LogP contribution in [0.4, 0.5) is 10.3 Å². The fourth-order valence-corrected chi connectivity index (χ4v) is 2.17. The van der Waals surface area contributed by atoms with Gasteiger partial charge in [0.2, 0.25) is 5.95 Å². The quantitative estimate of drug-likeness (QED) is 0.805. The summed E-state index contributed by atoms with van der Waals surface area (Å²) in [5.41, 5.74) is 1.71. The molecule has 0 spiro atoms. The van der Waals surface area contributed by atoms with Crippen molar-refractivity contribution in [3.63, 3.8) is 0 Å². The van der Waals surface area contributed by atoms with Crippen molar-refractivity contribution < 1.29 is 4.39 Å². The number of nitrogens with one attached hydrogen (secondary N) is 1. The highest BCUT2D eigenvalue weighted by atomic mass is 79.9. The summed E-state index contributed by atoms with van der Waals surface area (Å²) in [5.74, 6) is 0.135. The smallest absolute Gasteiger partial charge is 0.243 e. The molecule has 0 radical (unpaired) electrons. The van der Waals surface area contributed by atoms with E-state index in [1.165, 1.54) is 16.8 Å². The van der Waals surface area contributed by atoms with E-state index in [0.717, 1.165) is 10.0 Å². The largest absolute Gasteiger partial charge is 0.349 e. The van der Waals surface area contributed by atoms with Crippen molar-refractivity contribution >= 4 is 27.5 Å². The lowest BCUT2D eigenvalue weighted by molar-refractivity contribution is 0.615. The van der Waals surface area contributed by atoms with E-state index in [1.54, 1.807) is 6.07 Å². The topological polar surface area (TPSA) is 42.2 Å². The van der Waals surface area contributed by atoms with E-state index in [2.05, 4.69) is 31.3 Å². The summed E-state index contributed by atoms with van der Waals surface area (Å²) in [6, 6.07) is 10.9. The molecule has 0 unspecified atom stereocenters. The zero-order valence-corrected chi connectivity index (χ0v) is 11.4. The Balaban J connectivity index is 1.80. The molecule has 1 N–H and O–H groups in total. The van der Waals surface area contributed by atoms with Gasteiger partial charge in [-0.05, 0) is 23.8 Å². The minimum atomic E-state index is -0.338. The van der Waals surface area contributed by atoms with Crippen LogP contribution < -0.4 is 5.32 Å². The van der Waals surface area contributed by atoms with Gasteiger partial charge in [0.25, 0.3) is 0 Å². The second kappa shape index (κ2) is 4.97. The van der Waals surface area contributed by atoms with Crippen LogP contribution in [0.5, 0.6) is 0 Å². The van der Waals surface area contributed by atoms with Gasteiger partial charge < -0.3 is 5.32 Å². The summed E-state index contributed by atoms with van der Waals surface area (Å²) in [5, 5.41) is 7.27. The SMILES string of the molecule is Fc1ccc2nc(NCc3ccccc3Br)nn2c1. The first kappa shape index (κ1) is 12.1. The molecular formula is C13H10BrFN4. The summed E-state index contributed by atoms with van der Waals surface area (Å²) in [6.07, 6.45) is 1.30. The van der Waals surface area contributed by atoms with E-state index >= 15 is 0 Å². The van der Waals surface area contributed by atoms with E-state index in [4.69, 9.17) is 0 Å². The van der Waals surface area contributed by atoms with E-state index in [1.807, 2.05) is 24.3 Å². The Bertz CT molecular complexity index is 725. The van der Waals surface area contributed by atoms with E-state index in [9.17, 15) is 4.39 Å². The molecule has 0 saturated carbocycles. The predicted octanol–water partition coefficient (Wildman–Crippen LogP) is 3.24. The van der Waals surface area contributed by atoms with Crippen LogP contribution >= 0.6 is 15.9 Å². The van der Waals surface area contributed by atoms with E-state index in [0.29, 0.717) is 18.1 Å². The summed E-state index contributed by atoms with van der Waals surface area (Å²) in [4.78, 5) is 4.26. The lowest BCUT2D eigenvalue weighted by Crippen LogP contribution is -2.01. The van der Waals surface area contributed by atoms with Crippen molar-refractivity contribution in [2.45, 2.75) is 6.54 Å². The van der Waals surface area contributed by atoms with Gasteiger partial charge in [0, 0.05) is 11.0 Å². The third kappa shape index (κ3) is 2.58. The minimum Gasteiger partial charge on any atom is -0.349 e. The Hall–Kier alpha value is -1.95. The molecular weight excluding hydrogens is 311 g/mol. The number of nitrogens with zero attached hydrogens (tertiary/aromatic N) is 3. The molecule has 0 aliphatic carbocycles. The molecule has 0 aliphatic rings. The molecule has 0 aliphatic heterocycles. The van der Waals surface area contributed by atoms with Gasteiger partial charge in [0.1, 0.15) is 5.82 Å². The molecule has 0 atom stereocenters. The fourth-order valence-electron chi connectivity index (χ4n) is 1.75. The third-order valence-electron chi connectivity index (χ3n) is 2.69. The Labute approximate surface area is 117 Å². The standard InChI is InChI=1S/C13H10BrFN4/c14-11-4-2-1-3-9(11)7-16-13-17-12-6-5-10(15)8-19(12)18-13/h1-6,8H,7H2,(H,16,18). The highest BCUT2D eigenvalue weighted by Gasteiger charge is 2.05. The van der Waals surface area contributed by atoms with Crippen LogP contribution in [-0.4, -0.2) is 14.6 Å². The Kier molecular flexibility index (Phi) is 3.16. The van der Waals surface area contributed by atoms with Gasteiger partial charge in [-0.2, -0.15) is 4.98 Å². The number of fused-ring (bicyclic) bond motifs is 1. The van der Waals surface area contributed by atoms with Crippen LogP contribution in [0, 0.1) is 5.82 Å². The predicted molar refractivity (Wildman–Crippen MR) is 74.4 cm³/mol. The molecule has 2 heterocycles. The molecule has 6 heteroatoms. The first-order valence-corrected chi connectivity index (χ1v) is 6.51. The van der Waals surface area contributed by atoms with Crippen LogP contribution in [0.3, 0.4) is 0 Å². The number of hydrogen-bond donors (Lipinski definition) is 1. The van der Waals surface area contributed by atoms with Crippen molar-refractivity contribution in [1.29, 1.82) is 0 Å². The zero-order chi connectivity index (χ0) is 13.2. The molecule has 4 nitrogen and oxygen atoms in total. The summed E-state index contributed by atoms with van der Waals surface area (Å²) in [7, 11) is 0. The number of benzene rings is 1. The summed E-state index contributed by atoms with van der Waals surface area (Å²) < 4.78 is 15.5. The number of hydrogen-bond acceptors (Lipinski definition) is 3. The maximum absolute atomic E-state index is 13.0. The van der Waals surface area contributed by atoms with Crippen LogP contribution in [0.25, 0.3) is 5.65 Å². The lowest BCUT2D eigenvalue weighted by Gasteiger charge is -2.03. The van der Waals surface area contributed by atoms with Crippen molar-refractivity contribution in [1.82, 2.24) is 14.6 Å². The average Bonchev–Trinajstić information content (AvgIpc) is 2.79. The highest BCUT2D eigenvalue weighted by Crippen LogP contribution is 2.17. The van der Waals surface area contributed by atoms with Gasteiger partial charge in [-0.1, -0.05) is 34.1 Å². The Morgan fingerprint density at radius 2 is 2.05 bits per heavy atom. The highest BCUT2D eigenvalue weighted by molar-refractivity contribution is 9.10. The number of pyridine rings is 1. The van der Waals surface area contributed by atoms with Crippen LogP contribution in [-0.2, 0) is 6.54 Å². The lowest BCUT2D eigenvalue weighted by atomic mass is 10.2. The number of aromatic nitrogens is 3. The summed E-state index contributed by atoms with van der Waals surface area (Å²) >= 11 is 3.48. The average molecular weight is 321 g/mol. The molecule has 0 amide bonds. The summed E-state index contributed by atoms with van der Waals surface area (Å²) in [6.45, 7) is 0.598. The monoisotopic (exact) mass is 320 g/mol. The molecule has 96 valence electrons. The molecule has 0 bridgehead atoms. The zero-order valence-electron chi connectivity index (χ0n) is 9.85. The minimum absolute atomic E-state index is 0.338. The van der Waals surface area contributed by atoms with Crippen molar-refractivity contribution in [2.24, 2.45) is 0 Å². The van der Waals surface area contributed by atoms with Crippen molar-refractivity contribution in [3.05, 3.63) is 58.4 Å². The molecule has 19 heavy (non-hydrogen) atoms. The normalized spacial score (nSPS) is 10.8. The van der Waals surface area contributed by atoms with Gasteiger partial charge in [0.05, 0.1) is 6.20 Å². The van der Waals surface area contributed by atoms with Gasteiger partial charge in [0.15, 0.2) is 5.65 Å². The second-order valence-corrected chi connectivity index (χ2v) is 4.88. The molecule has 2 aromatic heterocycles. The van der Waals surface area contributed by atoms with Gasteiger partial charge in [-0.3, -0.25) is 0 Å². The van der Waals surface area contributed by atoms with Gasteiger partial charge in [-0.15, -0.1) is 5.10 Å². The first-order valence-electron chi connectivity index (χ1n) is 5.71. The number of halogens is 2. The number of rotatable bonds is 3. The molecule has 3 rings (SSSR count). The number of anilines is 1. The third-order valence-corrected chi connectivity index (χ3v) is 3.46. The first-order chi connectivity index (χ1) is 9.22. The van der Waals surface area contributed by atoms with Crippen molar-refractivity contribution in [2.75, 3.05) is 5.32 Å². The fraction of sp³-hybridized carbons (Fsp3) is 0.0769. The molecule has 0 saturated heterocycles. The maximum Gasteiger partial charge on any atom is 0.243 e.